The fourth-order valence-electron chi connectivity index (χ4n) is 5.08. The van der Waals surface area contributed by atoms with Gasteiger partial charge in [-0.1, -0.05) is 32.9 Å². The highest BCUT2D eigenvalue weighted by atomic mass is 19.1. The number of nitrogens with zero attached hydrogens (tertiary/aromatic N) is 1. The van der Waals surface area contributed by atoms with Gasteiger partial charge in [0.15, 0.2) is 0 Å². The molecule has 1 heterocycles. The van der Waals surface area contributed by atoms with Gasteiger partial charge in [0.2, 0.25) is 11.8 Å². The van der Waals surface area contributed by atoms with Gasteiger partial charge in [-0.25, -0.2) is 9.29 Å². The largest absolute Gasteiger partial charge is 0.274 e. The highest BCUT2D eigenvalue weighted by molar-refractivity contribution is 6.23. The van der Waals surface area contributed by atoms with E-state index in [9.17, 15) is 14.0 Å². The molecule has 1 saturated heterocycles. The summed E-state index contributed by atoms with van der Waals surface area (Å²) in [5.74, 6) is -0.956. The molecule has 126 valence electrons. The maximum absolute atomic E-state index is 13.3. The van der Waals surface area contributed by atoms with Crippen molar-refractivity contribution in [3.8, 4) is 0 Å². The number of benzene rings is 1. The minimum atomic E-state index is -0.373. The second kappa shape index (κ2) is 4.78. The first-order chi connectivity index (χ1) is 11.3. The molecule has 4 aliphatic rings. The minimum Gasteiger partial charge on any atom is -0.274 e. The van der Waals surface area contributed by atoms with Crippen molar-refractivity contribution in [3.63, 3.8) is 0 Å². The number of anilines is 1. The molecule has 3 aliphatic carbocycles. The lowest BCUT2D eigenvalue weighted by atomic mass is 9.46. The van der Waals surface area contributed by atoms with Crippen LogP contribution in [0.2, 0.25) is 0 Å². The zero-order valence-corrected chi connectivity index (χ0v) is 14.3. The molecule has 2 amide bonds. The predicted molar refractivity (Wildman–Crippen MR) is 89.6 cm³/mol. The van der Waals surface area contributed by atoms with Crippen LogP contribution in [0.15, 0.2) is 36.4 Å². The number of hydrogen-bond acceptors (Lipinski definition) is 2. The normalized spacial score (nSPS) is 37.5. The van der Waals surface area contributed by atoms with Crippen molar-refractivity contribution in [1.82, 2.24) is 0 Å². The Morgan fingerprint density at radius 2 is 1.67 bits per heavy atom. The number of rotatable bonds is 2. The van der Waals surface area contributed by atoms with Gasteiger partial charge in [-0.3, -0.25) is 9.59 Å². The number of amides is 2. The van der Waals surface area contributed by atoms with Crippen molar-refractivity contribution in [2.24, 2.45) is 28.6 Å². The van der Waals surface area contributed by atoms with Gasteiger partial charge in [-0.05, 0) is 48.4 Å². The summed E-state index contributed by atoms with van der Waals surface area (Å²) < 4.78 is 13.2. The van der Waals surface area contributed by atoms with Crippen LogP contribution in [0.4, 0.5) is 10.1 Å². The Morgan fingerprint density at radius 3 is 2.21 bits per heavy atom. The van der Waals surface area contributed by atoms with Gasteiger partial charge < -0.3 is 0 Å². The van der Waals surface area contributed by atoms with Crippen LogP contribution in [0.25, 0.3) is 0 Å². The highest BCUT2D eigenvalue weighted by Crippen LogP contribution is 2.64. The van der Waals surface area contributed by atoms with Gasteiger partial charge >= 0.3 is 0 Å². The molecule has 0 N–H and O–H groups in total. The Kier molecular flexibility index (Phi) is 3.09. The SMILES string of the molecule is CC(C)[C@]12C=C[C@](C)(CC1)[C@@H]1C(=O)N(c3ccc(F)cc3)C(=O)[C@@H]12. The van der Waals surface area contributed by atoms with Gasteiger partial charge in [0, 0.05) is 5.41 Å². The van der Waals surface area contributed by atoms with E-state index in [0.29, 0.717) is 5.69 Å². The van der Waals surface area contributed by atoms with Crippen molar-refractivity contribution >= 4 is 17.5 Å². The molecule has 2 fully saturated rings. The van der Waals surface area contributed by atoms with Crippen molar-refractivity contribution in [1.29, 1.82) is 0 Å². The lowest BCUT2D eigenvalue weighted by Gasteiger charge is -2.55. The van der Waals surface area contributed by atoms with Gasteiger partial charge in [0.25, 0.3) is 0 Å². The fourth-order valence-corrected chi connectivity index (χ4v) is 5.08. The van der Waals surface area contributed by atoms with Crippen molar-refractivity contribution in [3.05, 3.63) is 42.2 Å². The summed E-state index contributed by atoms with van der Waals surface area (Å²) in [6, 6.07) is 5.62. The van der Waals surface area contributed by atoms with E-state index in [1.54, 1.807) is 0 Å². The number of carbonyl (C=O) groups excluding carboxylic acids is 2. The number of imide groups is 1. The molecule has 5 rings (SSSR count). The molecule has 4 atom stereocenters. The summed E-state index contributed by atoms with van der Waals surface area (Å²) in [5.41, 5.74) is -0.0324. The topological polar surface area (TPSA) is 37.4 Å². The van der Waals surface area contributed by atoms with Crippen molar-refractivity contribution in [2.45, 2.75) is 33.6 Å². The maximum atomic E-state index is 13.3. The van der Waals surface area contributed by atoms with Crippen LogP contribution in [-0.2, 0) is 9.59 Å². The Balaban J connectivity index is 1.84. The number of carbonyl (C=O) groups is 2. The van der Waals surface area contributed by atoms with E-state index in [1.807, 2.05) is 0 Å². The molecule has 0 spiro atoms. The molecule has 0 unspecified atom stereocenters. The summed E-state index contributed by atoms with van der Waals surface area (Å²) in [7, 11) is 0. The number of halogens is 1. The molecule has 0 radical (unpaired) electrons. The molecule has 1 aliphatic heterocycles. The maximum Gasteiger partial charge on any atom is 0.238 e. The van der Waals surface area contributed by atoms with Crippen molar-refractivity contribution < 1.29 is 14.0 Å². The Hall–Kier alpha value is -1.97. The van der Waals surface area contributed by atoms with E-state index in [-0.39, 0.29) is 46.2 Å². The van der Waals surface area contributed by atoms with Gasteiger partial charge in [0.05, 0.1) is 17.5 Å². The lowest BCUT2D eigenvalue weighted by Crippen LogP contribution is -2.53. The van der Waals surface area contributed by atoms with E-state index in [1.165, 1.54) is 29.2 Å². The molecule has 4 heteroatoms. The average Bonchev–Trinajstić information content (AvgIpc) is 2.83. The molecule has 1 saturated carbocycles. The Labute approximate surface area is 141 Å². The summed E-state index contributed by atoms with van der Waals surface area (Å²) in [4.78, 5) is 27.7. The third-order valence-electron chi connectivity index (χ3n) is 6.63. The molecule has 3 nitrogen and oxygen atoms in total. The Morgan fingerprint density at radius 1 is 1.04 bits per heavy atom. The average molecular weight is 327 g/mol. The monoisotopic (exact) mass is 327 g/mol. The second-order valence-electron chi connectivity index (χ2n) is 8.05. The first-order valence-corrected chi connectivity index (χ1v) is 8.64. The summed E-state index contributed by atoms with van der Waals surface area (Å²) in [6.07, 6.45) is 6.23. The highest BCUT2D eigenvalue weighted by Gasteiger charge is 2.67. The molecule has 1 aromatic rings. The molecular formula is C20H22FNO2. The van der Waals surface area contributed by atoms with Crippen LogP contribution >= 0.6 is 0 Å². The molecular weight excluding hydrogens is 305 g/mol. The summed E-state index contributed by atoms with van der Waals surface area (Å²) >= 11 is 0. The number of allylic oxidation sites excluding steroid dienone is 2. The van der Waals surface area contributed by atoms with Crippen LogP contribution in [0.3, 0.4) is 0 Å². The zero-order chi connectivity index (χ0) is 17.3. The standard InChI is InChI=1S/C20H22FNO2/c1-12(2)20-10-8-19(3,9-11-20)15-16(20)18(24)22(17(15)23)14-6-4-13(21)5-7-14/h4-8,10,12,15-16H,9,11H2,1-3H3/t15-,16+,19+,20-/m0/s1. The van der Waals surface area contributed by atoms with Gasteiger partial charge in [0.1, 0.15) is 5.82 Å². The predicted octanol–water partition coefficient (Wildman–Crippen LogP) is 3.94. The minimum absolute atomic E-state index is 0.124. The first-order valence-electron chi connectivity index (χ1n) is 8.64. The summed E-state index contributed by atoms with van der Waals surface area (Å²) in [5, 5.41) is 0. The van der Waals surface area contributed by atoms with Crippen LogP contribution in [0.1, 0.15) is 33.6 Å². The van der Waals surface area contributed by atoms with E-state index >= 15 is 0 Å². The second-order valence-corrected chi connectivity index (χ2v) is 8.05. The molecule has 0 aromatic heterocycles. The zero-order valence-electron chi connectivity index (χ0n) is 14.3. The lowest BCUT2D eigenvalue weighted by molar-refractivity contribution is -0.135. The van der Waals surface area contributed by atoms with E-state index in [2.05, 4.69) is 32.9 Å². The molecule has 2 bridgehead atoms. The van der Waals surface area contributed by atoms with E-state index in [0.717, 1.165) is 12.8 Å². The van der Waals surface area contributed by atoms with Crippen LogP contribution in [-0.4, -0.2) is 11.8 Å². The van der Waals surface area contributed by atoms with Crippen LogP contribution in [0.5, 0.6) is 0 Å². The Bertz CT molecular complexity index is 753. The molecule has 1 aromatic carbocycles. The third-order valence-corrected chi connectivity index (χ3v) is 6.63. The van der Waals surface area contributed by atoms with Crippen molar-refractivity contribution in [2.75, 3.05) is 4.90 Å². The van der Waals surface area contributed by atoms with Gasteiger partial charge in [-0.15, -0.1) is 0 Å². The van der Waals surface area contributed by atoms with Gasteiger partial charge in [-0.2, -0.15) is 0 Å². The third kappa shape index (κ3) is 1.77. The smallest absolute Gasteiger partial charge is 0.238 e. The quantitative estimate of drug-likeness (QED) is 0.609. The van der Waals surface area contributed by atoms with Crippen LogP contribution < -0.4 is 4.90 Å². The summed E-state index contributed by atoms with van der Waals surface area (Å²) in [6.45, 7) is 6.35. The molecule has 24 heavy (non-hydrogen) atoms. The van der Waals surface area contributed by atoms with Crippen LogP contribution in [0, 0.1) is 34.4 Å². The number of fused-ring (bicyclic) bond motifs is 1. The number of hydrogen-bond donors (Lipinski definition) is 0. The first kappa shape index (κ1) is 15.6. The van der Waals surface area contributed by atoms with E-state index < -0.39 is 0 Å². The van der Waals surface area contributed by atoms with E-state index in [4.69, 9.17) is 0 Å². The fraction of sp³-hybridized carbons (Fsp3) is 0.500.